The van der Waals surface area contributed by atoms with Crippen molar-refractivity contribution in [2.45, 2.75) is 38.1 Å². The van der Waals surface area contributed by atoms with Gasteiger partial charge in [0.25, 0.3) is 0 Å². The number of hydrogen-bond acceptors (Lipinski definition) is 2. The van der Waals surface area contributed by atoms with E-state index in [0.29, 0.717) is 12.0 Å². The SMILES string of the molecule is Nc1cc(F)c(N2CCC3CCCCC32)c(F)c1. The summed E-state index contributed by atoms with van der Waals surface area (Å²) in [5.41, 5.74) is 5.73. The number of nitrogen functional groups attached to an aromatic ring is 1. The lowest BCUT2D eigenvalue weighted by molar-refractivity contribution is 0.340. The molecule has 0 bridgehead atoms. The molecule has 1 saturated carbocycles. The zero-order valence-electron chi connectivity index (χ0n) is 10.3. The Labute approximate surface area is 106 Å². The second kappa shape index (κ2) is 4.41. The molecule has 1 aromatic rings. The van der Waals surface area contributed by atoms with E-state index in [2.05, 4.69) is 0 Å². The first-order chi connectivity index (χ1) is 8.66. The van der Waals surface area contributed by atoms with Gasteiger partial charge in [0, 0.05) is 18.3 Å². The summed E-state index contributed by atoms with van der Waals surface area (Å²) in [6.45, 7) is 0.757. The lowest BCUT2D eigenvalue weighted by atomic mass is 9.85. The van der Waals surface area contributed by atoms with Gasteiger partial charge in [-0.25, -0.2) is 8.78 Å². The molecule has 2 unspecified atom stereocenters. The summed E-state index contributed by atoms with van der Waals surface area (Å²) in [5.74, 6) is -0.451. The van der Waals surface area contributed by atoms with E-state index < -0.39 is 11.6 Å². The number of rotatable bonds is 1. The fourth-order valence-corrected chi connectivity index (χ4v) is 3.54. The number of hydrogen-bond donors (Lipinski definition) is 1. The molecule has 3 rings (SSSR count). The predicted octanol–water partition coefficient (Wildman–Crippen LogP) is 3.32. The van der Waals surface area contributed by atoms with Crippen LogP contribution in [0, 0.1) is 17.6 Å². The Kier molecular flexibility index (Phi) is 2.88. The molecule has 2 N–H and O–H groups in total. The van der Waals surface area contributed by atoms with Gasteiger partial charge in [0.05, 0.1) is 0 Å². The van der Waals surface area contributed by atoms with E-state index in [9.17, 15) is 8.78 Å². The zero-order chi connectivity index (χ0) is 12.7. The predicted molar refractivity (Wildman–Crippen MR) is 68.5 cm³/mol. The highest BCUT2D eigenvalue weighted by molar-refractivity contribution is 5.57. The van der Waals surface area contributed by atoms with Crippen LogP contribution in [0.3, 0.4) is 0 Å². The van der Waals surface area contributed by atoms with E-state index in [1.807, 2.05) is 4.90 Å². The van der Waals surface area contributed by atoms with Crippen LogP contribution in [0.5, 0.6) is 0 Å². The molecular formula is C14H18F2N2. The third kappa shape index (κ3) is 1.84. The molecule has 1 heterocycles. The van der Waals surface area contributed by atoms with E-state index in [0.717, 1.165) is 25.8 Å². The largest absolute Gasteiger partial charge is 0.399 e. The summed E-state index contributed by atoms with van der Waals surface area (Å²) >= 11 is 0. The van der Waals surface area contributed by atoms with Gasteiger partial charge in [-0.05, 0) is 37.3 Å². The second-order valence-electron chi connectivity index (χ2n) is 5.43. The summed E-state index contributed by atoms with van der Waals surface area (Å²) < 4.78 is 27.9. The van der Waals surface area contributed by atoms with E-state index in [-0.39, 0.29) is 11.4 Å². The van der Waals surface area contributed by atoms with Crippen LogP contribution in [0.4, 0.5) is 20.2 Å². The van der Waals surface area contributed by atoms with Crippen LogP contribution < -0.4 is 10.6 Å². The lowest BCUT2D eigenvalue weighted by Crippen LogP contribution is -2.35. The summed E-state index contributed by atoms with van der Waals surface area (Å²) in [4.78, 5) is 1.92. The Hall–Kier alpha value is -1.32. The molecule has 2 fully saturated rings. The van der Waals surface area contributed by atoms with Crippen LogP contribution in [0.15, 0.2) is 12.1 Å². The van der Waals surface area contributed by atoms with Crippen LogP contribution in [0.25, 0.3) is 0 Å². The zero-order valence-corrected chi connectivity index (χ0v) is 10.3. The average molecular weight is 252 g/mol. The third-order valence-electron chi connectivity index (χ3n) is 4.34. The number of nitrogens with two attached hydrogens (primary N) is 1. The molecule has 98 valence electrons. The molecule has 1 aromatic carbocycles. The highest BCUT2D eigenvalue weighted by Gasteiger charge is 2.37. The fourth-order valence-electron chi connectivity index (χ4n) is 3.54. The Bertz CT molecular complexity index is 438. The molecule has 1 saturated heterocycles. The van der Waals surface area contributed by atoms with Crippen molar-refractivity contribution in [1.29, 1.82) is 0 Å². The second-order valence-corrected chi connectivity index (χ2v) is 5.43. The number of anilines is 2. The Balaban J connectivity index is 1.95. The first-order valence-electron chi connectivity index (χ1n) is 6.68. The summed E-state index contributed by atoms with van der Waals surface area (Å²) in [6.07, 6.45) is 5.71. The minimum Gasteiger partial charge on any atom is -0.399 e. The van der Waals surface area contributed by atoms with Crippen molar-refractivity contribution in [3.63, 3.8) is 0 Å². The average Bonchev–Trinajstić information content (AvgIpc) is 2.72. The first-order valence-corrected chi connectivity index (χ1v) is 6.68. The summed E-state index contributed by atoms with van der Waals surface area (Å²) in [5, 5.41) is 0. The van der Waals surface area contributed by atoms with Crippen molar-refractivity contribution in [1.82, 2.24) is 0 Å². The standard InChI is InChI=1S/C14H18F2N2/c15-11-7-10(17)8-12(16)14(11)18-6-5-9-3-1-2-4-13(9)18/h7-9,13H,1-6,17H2. The molecule has 18 heavy (non-hydrogen) atoms. The van der Waals surface area contributed by atoms with Crippen molar-refractivity contribution in [2.24, 2.45) is 5.92 Å². The molecule has 1 aliphatic heterocycles. The van der Waals surface area contributed by atoms with Crippen LogP contribution in [0.2, 0.25) is 0 Å². The monoisotopic (exact) mass is 252 g/mol. The minimum atomic E-state index is -0.529. The van der Waals surface area contributed by atoms with Gasteiger partial charge in [-0.2, -0.15) is 0 Å². The van der Waals surface area contributed by atoms with Gasteiger partial charge in [-0.3, -0.25) is 0 Å². The van der Waals surface area contributed by atoms with Crippen molar-refractivity contribution in [3.8, 4) is 0 Å². The van der Waals surface area contributed by atoms with Crippen LogP contribution in [0.1, 0.15) is 32.1 Å². The molecule has 0 radical (unpaired) electrons. The van der Waals surface area contributed by atoms with Gasteiger partial charge in [0.15, 0.2) is 11.6 Å². The van der Waals surface area contributed by atoms with Gasteiger partial charge >= 0.3 is 0 Å². The van der Waals surface area contributed by atoms with E-state index in [1.165, 1.54) is 25.0 Å². The van der Waals surface area contributed by atoms with Crippen molar-refractivity contribution in [2.75, 3.05) is 17.2 Å². The van der Waals surface area contributed by atoms with Gasteiger partial charge < -0.3 is 10.6 Å². The molecule has 0 amide bonds. The smallest absolute Gasteiger partial charge is 0.151 e. The van der Waals surface area contributed by atoms with Crippen molar-refractivity contribution < 1.29 is 8.78 Å². The minimum absolute atomic E-state index is 0.124. The van der Waals surface area contributed by atoms with Crippen molar-refractivity contribution in [3.05, 3.63) is 23.8 Å². The normalized spacial score (nSPS) is 27.3. The van der Waals surface area contributed by atoms with Gasteiger partial charge in [0.2, 0.25) is 0 Å². The van der Waals surface area contributed by atoms with Gasteiger partial charge in [-0.1, -0.05) is 12.8 Å². The Morgan fingerprint density at radius 3 is 2.44 bits per heavy atom. The van der Waals surface area contributed by atoms with Crippen LogP contribution >= 0.6 is 0 Å². The first kappa shape index (κ1) is 11.8. The lowest BCUT2D eigenvalue weighted by Gasteiger charge is -2.33. The number of halogens is 2. The third-order valence-corrected chi connectivity index (χ3v) is 4.34. The van der Waals surface area contributed by atoms with Crippen molar-refractivity contribution >= 4 is 11.4 Å². The maximum absolute atomic E-state index is 14.0. The summed E-state index contributed by atoms with van der Waals surface area (Å²) in [7, 11) is 0. The quantitative estimate of drug-likeness (QED) is 0.777. The Morgan fingerprint density at radius 2 is 1.72 bits per heavy atom. The highest BCUT2D eigenvalue weighted by atomic mass is 19.1. The molecule has 2 atom stereocenters. The van der Waals surface area contributed by atoms with Gasteiger partial charge in [0.1, 0.15) is 5.69 Å². The molecule has 2 aliphatic rings. The Morgan fingerprint density at radius 1 is 1.06 bits per heavy atom. The molecule has 1 aliphatic carbocycles. The maximum atomic E-state index is 14.0. The summed E-state index contributed by atoms with van der Waals surface area (Å²) in [6, 6.07) is 2.75. The maximum Gasteiger partial charge on any atom is 0.151 e. The molecule has 0 aromatic heterocycles. The molecule has 2 nitrogen and oxygen atoms in total. The van der Waals surface area contributed by atoms with Crippen LogP contribution in [-0.4, -0.2) is 12.6 Å². The molecular weight excluding hydrogens is 234 g/mol. The van der Waals surface area contributed by atoms with E-state index in [4.69, 9.17) is 5.73 Å². The molecule has 4 heteroatoms. The van der Waals surface area contributed by atoms with Gasteiger partial charge in [-0.15, -0.1) is 0 Å². The number of benzene rings is 1. The van der Waals surface area contributed by atoms with E-state index >= 15 is 0 Å². The highest BCUT2D eigenvalue weighted by Crippen LogP contribution is 2.40. The number of fused-ring (bicyclic) bond motifs is 1. The van der Waals surface area contributed by atoms with E-state index in [1.54, 1.807) is 0 Å². The molecule has 0 spiro atoms. The topological polar surface area (TPSA) is 29.3 Å². The number of nitrogens with zero attached hydrogens (tertiary/aromatic N) is 1. The van der Waals surface area contributed by atoms with Crippen LogP contribution in [-0.2, 0) is 0 Å². The fraction of sp³-hybridized carbons (Fsp3) is 0.571.